The van der Waals surface area contributed by atoms with Crippen LogP contribution in [0.5, 0.6) is 5.75 Å². The summed E-state index contributed by atoms with van der Waals surface area (Å²) in [5, 5.41) is 0. The third-order valence-corrected chi connectivity index (χ3v) is 4.60. The fraction of sp³-hybridized carbons (Fsp3) is 0.250. The molecule has 2 heterocycles. The zero-order chi connectivity index (χ0) is 21.0. The molecular formula is C24H23NO4. The number of ether oxygens (including phenoxy) is 2. The molecule has 0 saturated heterocycles. The van der Waals surface area contributed by atoms with E-state index in [2.05, 4.69) is 10.9 Å². The summed E-state index contributed by atoms with van der Waals surface area (Å²) < 4.78 is 16.9. The summed E-state index contributed by atoms with van der Waals surface area (Å²) in [4.78, 5) is 17.4. The Bertz CT molecular complexity index is 1100. The third-order valence-electron chi connectivity index (χ3n) is 4.60. The summed E-state index contributed by atoms with van der Waals surface area (Å²) >= 11 is 0. The van der Waals surface area contributed by atoms with Gasteiger partial charge in [-0.15, -0.1) is 6.42 Å². The molecule has 5 heteroatoms. The quantitative estimate of drug-likeness (QED) is 0.351. The van der Waals surface area contributed by atoms with Crippen LogP contribution >= 0.6 is 0 Å². The van der Waals surface area contributed by atoms with Gasteiger partial charge in [0.05, 0.1) is 0 Å². The van der Waals surface area contributed by atoms with Gasteiger partial charge in [-0.1, -0.05) is 29.7 Å². The molecule has 0 amide bonds. The van der Waals surface area contributed by atoms with E-state index in [0.717, 1.165) is 22.3 Å². The molecule has 0 bridgehead atoms. The first kappa shape index (κ1) is 20.4. The summed E-state index contributed by atoms with van der Waals surface area (Å²) in [7, 11) is 0. The summed E-state index contributed by atoms with van der Waals surface area (Å²) in [6.45, 7) is 7.84. The van der Waals surface area contributed by atoms with Crippen LogP contribution in [0.2, 0.25) is 0 Å². The summed E-state index contributed by atoms with van der Waals surface area (Å²) in [6.07, 6.45) is 6.88. The van der Waals surface area contributed by atoms with Gasteiger partial charge in [-0.25, -0.2) is 4.79 Å². The smallest absolute Gasteiger partial charge is 0.348 e. The third kappa shape index (κ3) is 4.23. The Labute approximate surface area is 170 Å². The van der Waals surface area contributed by atoms with E-state index < -0.39 is 5.63 Å². The number of aryl methyl sites for hydroxylation is 3. The lowest BCUT2D eigenvalue weighted by atomic mass is 9.93. The van der Waals surface area contributed by atoms with E-state index in [-0.39, 0.29) is 13.4 Å². The minimum absolute atomic E-state index is 0.0763. The molecule has 0 atom stereocenters. The Balaban J connectivity index is 2.24. The van der Waals surface area contributed by atoms with E-state index in [1.54, 1.807) is 18.3 Å². The van der Waals surface area contributed by atoms with Gasteiger partial charge in [0.25, 0.3) is 0 Å². The minimum atomic E-state index is -0.488. The molecule has 0 aliphatic carbocycles. The van der Waals surface area contributed by atoms with E-state index in [0.29, 0.717) is 28.3 Å². The van der Waals surface area contributed by atoms with Crippen molar-refractivity contribution < 1.29 is 13.9 Å². The van der Waals surface area contributed by atoms with Gasteiger partial charge in [-0.05, 0) is 56.5 Å². The Hall–Kier alpha value is -3.36. The number of terminal acetylenes is 1. The molecule has 0 aliphatic rings. The Morgan fingerprint density at radius 3 is 2.45 bits per heavy atom. The first-order valence-corrected chi connectivity index (χ1v) is 9.25. The van der Waals surface area contributed by atoms with Crippen LogP contribution in [0.4, 0.5) is 0 Å². The molecule has 0 aliphatic heterocycles. The van der Waals surface area contributed by atoms with Gasteiger partial charge in [0.15, 0.2) is 12.6 Å². The van der Waals surface area contributed by atoms with Crippen molar-refractivity contribution in [3.05, 3.63) is 69.2 Å². The molecule has 3 rings (SSSR count). The van der Waals surface area contributed by atoms with Gasteiger partial charge in [0.2, 0.25) is 0 Å². The van der Waals surface area contributed by atoms with Crippen molar-refractivity contribution in [2.24, 2.45) is 0 Å². The predicted octanol–water partition coefficient (Wildman–Crippen LogP) is 4.59. The molecule has 148 valence electrons. The highest BCUT2D eigenvalue weighted by Gasteiger charge is 2.24. The van der Waals surface area contributed by atoms with Gasteiger partial charge in [-0.2, -0.15) is 0 Å². The van der Waals surface area contributed by atoms with Crippen molar-refractivity contribution in [2.75, 3.05) is 13.4 Å². The number of hydrogen-bond acceptors (Lipinski definition) is 5. The molecule has 0 spiro atoms. The van der Waals surface area contributed by atoms with E-state index in [9.17, 15) is 4.79 Å². The molecule has 0 saturated carbocycles. The maximum atomic E-state index is 13.1. The zero-order valence-corrected chi connectivity index (χ0v) is 17.0. The summed E-state index contributed by atoms with van der Waals surface area (Å²) in [6, 6.07) is 9.48. The standard InChI is InChI=1S/C24H23NO4/c1-6-11-27-14-28-23-18(5)22(19-9-7-8-10-25-19)29-24(26)21(23)20-16(3)12-15(2)13-17(20)4/h1,7-10,12-13H,11,14H2,2-5H3. The Kier molecular flexibility index (Phi) is 6.16. The second-order valence-electron chi connectivity index (χ2n) is 6.85. The maximum absolute atomic E-state index is 13.1. The van der Waals surface area contributed by atoms with Crippen molar-refractivity contribution in [3.63, 3.8) is 0 Å². The molecular weight excluding hydrogens is 366 g/mol. The lowest BCUT2D eigenvalue weighted by molar-refractivity contribution is 0.0329. The number of rotatable bonds is 6. The molecule has 5 nitrogen and oxygen atoms in total. The molecule has 2 aromatic heterocycles. The van der Waals surface area contributed by atoms with Gasteiger partial charge in [-0.3, -0.25) is 4.98 Å². The number of pyridine rings is 1. The van der Waals surface area contributed by atoms with Crippen molar-refractivity contribution in [1.29, 1.82) is 0 Å². The van der Waals surface area contributed by atoms with Crippen LogP contribution in [0, 0.1) is 40.0 Å². The maximum Gasteiger partial charge on any atom is 0.348 e. The summed E-state index contributed by atoms with van der Waals surface area (Å²) in [5.41, 5.74) is 4.97. The highest BCUT2D eigenvalue weighted by atomic mass is 16.7. The average Bonchev–Trinajstić information content (AvgIpc) is 2.69. The Morgan fingerprint density at radius 1 is 1.10 bits per heavy atom. The molecule has 0 unspecified atom stereocenters. The molecule has 0 N–H and O–H groups in total. The number of benzene rings is 1. The number of nitrogens with zero attached hydrogens (tertiary/aromatic N) is 1. The van der Waals surface area contributed by atoms with Crippen molar-refractivity contribution >= 4 is 0 Å². The van der Waals surface area contributed by atoms with Crippen LogP contribution < -0.4 is 10.4 Å². The SMILES string of the molecule is C#CCOCOc1c(C)c(-c2ccccn2)oc(=O)c1-c1c(C)cc(C)cc1C. The van der Waals surface area contributed by atoms with Crippen LogP contribution in [0.25, 0.3) is 22.6 Å². The topological polar surface area (TPSA) is 61.6 Å². The van der Waals surface area contributed by atoms with Gasteiger partial charge >= 0.3 is 5.63 Å². The van der Waals surface area contributed by atoms with Crippen LogP contribution in [-0.2, 0) is 4.74 Å². The van der Waals surface area contributed by atoms with Crippen LogP contribution in [0.1, 0.15) is 22.3 Å². The first-order chi connectivity index (χ1) is 13.9. The highest BCUT2D eigenvalue weighted by Crippen LogP contribution is 2.38. The number of aromatic nitrogens is 1. The second-order valence-corrected chi connectivity index (χ2v) is 6.85. The van der Waals surface area contributed by atoms with Gasteiger partial charge in [0.1, 0.15) is 23.6 Å². The molecule has 3 aromatic rings. The van der Waals surface area contributed by atoms with Crippen molar-refractivity contribution in [1.82, 2.24) is 4.98 Å². The van der Waals surface area contributed by atoms with Gasteiger partial charge < -0.3 is 13.9 Å². The fourth-order valence-corrected chi connectivity index (χ4v) is 3.52. The zero-order valence-electron chi connectivity index (χ0n) is 17.0. The fourth-order valence-electron chi connectivity index (χ4n) is 3.52. The van der Waals surface area contributed by atoms with E-state index in [1.807, 2.05) is 45.9 Å². The summed E-state index contributed by atoms with van der Waals surface area (Å²) in [5.74, 6) is 3.18. The van der Waals surface area contributed by atoms with Crippen LogP contribution in [-0.4, -0.2) is 18.4 Å². The largest absolute Gasteiger partial charge is 0.466 e. The van der Waals surface area contributed by atoms with Crippen LogP contribution in [0.15, 0.2) is 45.7 Å². The first-order valence-electron chi connectivity index (χ1n) is 9.25. The van der Waals surface area contributed by atoms with Crippen molar-refractivity contribution in [3.8, 4) is 40.7 Å². The van der Waals surface area contributed by atoms with Gasteiger partial charge in [0, 0.05) is 11.8 Å². The predicted molar refractivity (Wildman–Crippen MR) is 113 cm³/mol. The molecule has 0 fully saturated rings. The van der Waals surface area contributed by atoms with E-state index >= 15 is 0 Å². The lowest BCUT2D eigenvalue weighted by Crippen LogP contribution is -2.13. The minimum Gasteiger partial charge on any atom is -0.466 e. The normalized spacial score (nSPS) is 10.6. The van der Waals surface area contributed by atoms with E-state index in [1.165, 1.54) is 0 Å². The second kappa shape index (κ2) is 8.76. The molecule has 1 aromatic carbocycles. The highest BCUT2D eigenvalue weighted by molar-refractivity contribution is 5.79. The lowest BCUT2D eigenvalue weighted by Gasteiger charge is -2.18. The van der Waals surface area contributed by atoms with E-state index in [4.69, 9.17) is 20.3 Å². The molecule has 29 heavy (non-hydrogen) atoms. The Morgan fingerprint density at radius 2 is 1.83 bits per heavy atom. The number of hydrogen-bond donors (Lipinski definition) is 0. The monoisotopic (exact) mass is 389 g/mol. The van der Waals surface area contributed by atoms with Crippen molar-refractivity contribution in [2.45, 2.75) is 27.7 Å². The molecule has 0 radical (unpaired) electrons. The van der Waals surface area contributed by atoms with Crippen LogP contribution in [0.3, 0.4) is 0 Å². The average molecular weight is 389 g/mol.